The molecule has 0 bridgehead atoms. The molecule has 0 fully saturated rings. The van der Waals surface area contributed by atoms with Crippen molar-refractivity contribution in [3.63, 3.8) is 0 Å². The summed E-state index contributed by atoms with van der Waals surface area (Å²) >= 11 is 0. The number of terminal acetylenes is 1. The fraction of sp³-hybridized carbons (Fsp3) is 0.167. The second-order valence-electron chi connectivity index (χ2n) is 5.51. The predicted molar refractivity (Wildman–Crippen MR) is 96.0 cm³/mol. The molecule has 4 N–H and O–H groups in total. The number of nitrogens with one attached hydrogen (secondary N) is 1. The normalized spacial score (nSPS) is 10.9. The summed E-state index contributed by atoms with van der Waals surface area (Å²) in [5.74, 6) is 1.74. The van der Waals surface area contributed by atoms with Crippen LogP contribution in [-0.4, -0.2) is 26.6 Å². The summed E-state index contributed by atoms with van der Waals surface area (Å²) in [6, 6.07) is 5.65. The lowest BCUT2D eigenvalue weighted by Gasteiger charge is -2.19. The number of methoxy groups -OCH3 is 1. The van der Waals surface area contributed by atoms with Gasteiger partial charge in [-0.25, -0.2) is 13.9 Å². The van der Waals surface area contributed by atoms with Crippen LogP contribution in [0.3, 0.4) is 0 Å². The van der Waals surface area contributed by atoms with Gasteiger partial charge in [0.15, 0.2) is 0 Å². The highest BCUT2D eigenvalue weighted by Gasteiger charge is 2.31. The minimum Gasteiger partial charge on any atom is -0.497 e. The number of carbonyl (C=O) groups excluding carboxylic acids is 1. The van der Waals surface area contributed by atoms with E-state index in [2.05, 4.69) is 5.92 Å². The van der Waals surface area contributed by atoms with E-state index in [-0.39, 0.29) is 32.2 Å². The zero-order valence-corrected chi connectivity index (χ0v) is 15.3. The Morgan fingerprint density at radius 1 is 1.23 bits per heavy atom. The Labute approximate surface area is 151 Å². The predicted octanol–water partition coefficient (Wildman–Crippen LogP) is 1.83. The van der Waals surface area contributed by atoms with E-state index in [0.717, 1.165) is 0 Å². The van der Waals surface area contributed by atoms with Crippen molar-refractivity contribution in [3.8, 4) is 18.1 Å². The summed E-state index contributed by atoms with van der Waals surface area (Å²) in [5.41, 5.74) is 7.88. The number of benzene rings is 2. The van der Waals surface area contributed by atoms with Gasteiger partial charge in [-0.2, -0.15) is 0 Å². The largest absolute Gasteiger partial charge is 0.497 e. The second kappa shape index (κ2) is 7.07. The van der Waals surface area contributed by atoms with Crippen LogP contribution in [0.5, 0.6) is 5.75 Å². The van der Waals surface area contributed by atoms with Crippen LogP contribution in [0.25, 0.3) is 0 Å². The lowest BCUT2D eigenvalue weighted by atomic mass is 9.96. The lowest BCUT2D eigenvalue weighted by Crippen LogP contribution is -2.25. The molecule has 0 aliphatic heterocycles. The molecule has 0 spiro atoms. The van der Waals surface area contributed by atoms with Crippen LogP contribution in [0.1, 0.15) is 27.0 Å². The van der Waals surface area contributed by atoms with Crippen molar-refractivity contribution >= 4 is 21.4 Å². The smallest absolute Gasteiger partial charge is 0.277 e. The first-order valence-electron chi connectivity index (χ1n) is 7.43. The SMILES string of the molecule is C#Cc1c(C)c(N)c(C)c(S(=O)(=O)c2ccc(OC)cc2)c1C(=O)NO. The van der Waals surface area contributed by atoms with Crippen molar-refractivity contribution in [3.05, 3.63) is 46.5 Å². The number of rotatable bonds is 4. The summed E-state index contributed by atoms with van der Waals surface area (Å²) in [6.45, 7) is 3.06. The van der Waals surface area contributed by atoms with Gasteiger partial charge in [0, 0.05) is 11.3 Å². The zero-order chi connectivity index (χ0) is 19.6. The van der Waals surface area contributed by atoms with E-state index in [4.69, 9.17) is 22.1 Å². The first kappa shape index (κ1) is 19.3. The van der Waals surface area contributed by atoms with Crippen LogP contribution in [0.15, 0.2) is 34.1 Å². The van der Waals surface area contributed by atoms with Crippen molar-refractivity contribution in [2.45, 2.75) is 23.6 Å². The van der Waals surface area contributed by atoms with Gasteiger partial charge >= 0.3 is 0 Å². The molecule has 8 heteroatoms. The van der Waals surface area contributed by atoms with Gasteiger partial charge in [0.1, 0.15) is 5.75 Å². The van der Waals surface area contributed by atoms with Gasteiger partial charge in [-0.3, -0.25) is 10.0 Å². The van der Waals surface area contributed by atoms with E-state index in [1.165, 1.54) is 43.8 Å². The molecule has 0 aliphatic rings. The summed E-state index contributed by atoms with van der Waals surface area (Å²) < 4.78 is 31.4. The minimum atomic E-state index is -4.16. The number of sulfone groups is 1. The van der Waals surface area contributed by atoms with Crippen molar-refractivity contribution < 1.29 is 23.2 Å². The Kier molecular flexibility index (Phi) is 5.25. The van der Waals surface area contributed by atoms with E-state index < -0.39 is 15.7 Å². The molecule has 136 valence electrons. The monoisotopic (exact) mass is 374 g/mol. The summed E-state index contributed by atoms with van der Waals surface area (Å²) in [7, 11) is -2.70. The number of hydrogen-bond acceptors (Lipinski definition) is 6. The molecule has 0 atom stereocenters. The number of hydrogen-bond donors (Lipinski definition) is 3. The van der Waals surface area contributed by atoms with E-state index >= 15 is 0 Å². The molecule has 2 aromatic carbocycles. The molecule has 0 radical (unpaired) electrons. The standard InChI is InChI=1S/C18H18N2O5S/c1-5-14-10(2)16(19)11(3)17(15(14)18(21)20-22)26(23,24)13-8-6-12(25-4)7-9-13/h1,6-9,22H,19H2,2-4H3,(H,20,21). The molecule has 0 heterocycles. The van der Waals surface area contributed by atoms with Crippen molar-refractivity contribution in [1.29, 1.82) is 0 Å². The van der Waals surface area contributed by atoms with Crippen LogP contribution in [0.2, 0.25) is 0 Å². The number of amides is 1. The van der Waals surface area contributed by atoms with Crippen LogP contribution in [-0.2, 0) is 9.84 Å². The van der Waals surface area contributed by atoms with E-state index in [9.17, 15) is 13.2 Å². The molecule has 2 rings (SSSR count). The number of nitrogen functional groups attached to an aromatic ring is 1. The first-order valence-corrected chi connectivity index (χ1v) is 8.91. The fourth-order valence-corrected chi connectivity index (χ4v) is 4.40. The molecule has 0 aliphatic carbocycles. The Morgan fingerprint density at radius 2 is 1.81 bits per heavy atom. The van der Waals surface area contributed by atoms with Crippen molar-refractivity contribution in [2.75, 3.05) is 12.8 Å². The molecule has 7 nitrogen and oxygen atoms in total. The number of anilines is 1. The number of ether oxygens (including phenoxy) is 1. The highest BCUT2D eigenvalue weighted by molar-refractivity contribution is 7.91. The average molecular weight is 374 g/mol. The highest BCUT2D eigenvalue weighted by atomic mass is 32.2. The van der Waals surface area contributed by atoms with Gasteiger partial charge in [-0.15, -0.1) is 6.42 Å². The van der Waals surface area contributed by atoms with Gasteiger partial charge in [0.25, 0.3) is 5.91 Å². The lowest BCUT2D eigenvalue weighted by molar-refractivity contribution is 0.0702. The first-order chi connectivity index (χ1) is 12.2. The Bertz CT molecular complexity index is 1020. The summed E-state index contributed by atoms with van der Waals surface area (Å²) in [4.78, 5) is 11.8. The third-order valence-corrected chi connectivity index (χ3v) is 6.05. The van der Waals surface area contributed by atoms with Crippen LogP contribution >= 0.6 is 0 Å². The quantitative estimate of drug-likeness (QED) is 0.325. The maximum Gasteiger partial charge on any atom is 0.277 e. The van der Waals surface area contributed by atoms with Gasteiger partial charge in [0.05, 0.1) is 22.5 Å². The second-order valence-corrected chi connectivity index (χ2v) is 7.39. The molecular formula is C18H18N2O5S. The number of nitrogens with two attached hydrogens (primary N) is 1. The molecule has 0 aromatic heterocycles. The molecule has 0 unspecified atom stereocenters. The maximum atomic E-state index is 13.2. The molecular weight excluding hydrogens is 356 g/mol. The molecule has 0 saturated carbocycles. The van der Waals surface area contributed by atoms with Gasteiger partial charge in [-0.1, -0.05) is 5.92 Å². The van der Waals surface area contributed by atoms with Gasteiger partial charge < -0.3 is 10.5 Å². The third kappa shape index (κ3) is 2.98. The van der Waals surface area contributed by atoms with E-state index in [1.807, 2.05) is 0 Å². The zero-order valence-electron chi connectivity index (χ0n) is 14.5. The van der Waals surface area contributed by atoms with Crippen LogP contribution in [0, 0.1) is 26.2 Å². The Hall–Kier alpha value is -3.02. The van der Waals surface area contributed by atoms with Gasteiger partial charge in [-0.05, 0) is 49.2 Å². The molecule has 1 amide bonds. The fourth-order valence-electron chi connectivity index (χ4n) is 2.69. The molecule has 0 saturated heterocycles. The number of carbonyl (C=O) groups is 1. The topological polar surface area (TPSA) is 119 Å². The molecule has 2 aromatic rings. The number of hydroxylamine groups is 1. The maximum absolute atomic E-state index is 13.2. The van der Waals surface area contributed by atoms with E-state index in [1.54, 1.807) is 6.92 Å². The van der Waals surface area contributed by atoms with Crippen molar-refractivity contribution in [2.24, 2.45) is 0 Å². The van der Waals surface area contributed by atoms with Gasteiger partial charge in [0.2, 0.25) is 9.84 Å². The third-order valence-electron chi connectivity index (χ3n) is 4.11. The van der Waals surface area contributed by atoms with Crippen molar-refractivity contribution in [1.82, 2.24) is 5.48 Å². The molecule has 26 heavy (non-hydrogen) atoms. The minimum absolute atomic E-state index is 0.00624. The van der Waals surface area contributed by atoms with Crippen LogP contribution in [0.4, 0.5) is 5.69 Å². The average Bonchev–Trinajstić information content (AvgIpc) is 2.64. The Balaban J connectivity index is 2.93. The summed E-state index contributed by atoms with van der Waals surface area (Å²) in [6.07, 6.45) is 5.47. The highest BCUT2D eigenvalue weighted by Crippen LogP contribution is 2.36. The summed E-state index contributed by atoms with van der Waals surface area (Å²) in [5, 5.41) is 9.08. The Morgan fingerprint density at radius 3 is 2.27 bits per heavy atom. The van der Waals surface area contributed by atoms with E-state index in [0.29, 0.717) is 11.3 Å². The van der Waals surface area contributed by atoms with Crippen LogP contribution < -0.4 is 16.0 Å².